The highest BCUT2D eigenvalue weighted by molar-refractivity contribution is 7.11. The standard InChI is InChI=1S/C25H25ClF3N7O4S/c1-2-39-24(37)33-10-14-11-36(25(38)40-14)12-18-19(17(30)5-6-32-23(28)29)20(15-4-3-13(27)9-16(15)26)35-21(34-18)22-31-7-8-41-22/h3-9,14,20,23H,2,10-12,30H2,1H3,(H,33,37)(H,34,35)/t14-,20+/m1/s1. The Morgan fingerprint density at radius 3 is 2.95 bits per heavy atom. The molecule has 3 heterocycles. The number of aliphatic imine (C=N–C) groups is 2. The molecular weight excluding hydrogens is 587 g/mol. The van der Waals surface area contributed by atoms with Crippen molar-refractivity contribution in [1.29, 1.82) is 0 Å². The molecule has 4 rings (SSSR count). The van der Waals surface area contributed by atoms with E-state index in [9.17, 15) is 22.8 Å². The van der Waals surface area contributed by atoms with E-state index in [0.29, 0.717) is 27.7 Å². The van der Waals surface area contributed by atoms with Gasteiger partial charge in [0, 0.05) is 45.3 Å². The number of hydrogen-bond acceptors (Lipinski definition) is 10. The zero-order valence-electron chi connectivity index (χ0n) is 21.5. The molecule has 2 amide bonds. The molecule has 1 aromatic heterocycles. The number of amides is 2. The fourth-order valence-corrected chi connectivity index (χ4v) is 4.97. The molecule has 2 aliphatic heterocycles. The second kappa shape index (κ2) is 13.5. The van der Waals surface area contributed by atoms with Crippen LogP contribution in [0.25, 0.3) is 0 Å². The molecule has 1 fully saturated rings. The van der Waals surface area contributed by atoms with Crippen molar-refractivity contribution in [1.82, 2.24) is 20.5 Å². The van der Waals surface area contributed by atoms with Crippen LogP contribution in [0.5, 0.6) is 0 Å². The number of aromatic nitrogens is 1. The van der Waals surface area contributed by atoms with Crippen LogP contribution in [0.1, 0.15) is 23.5 Å². The molecule has 2 atom stereocenters. The fraction of sp³-hybridized carbons (Fsp3) is 0.320. The molecule has 0 spiro atoms. The average molecular weight is 612 g/mol. The first kappa shape index (κ1) is 29.9. The van der Waals surface area contributed by atoms with Gasteiger partial charge in [0.1, 0.15) is 18.0 Å². The number of halogens is 4. The maximum absolute atomic E-state index is 13.9. The summed E-state index contributed by atoms with van der Waals surface area (Å²) in [7, 11) is 0. The summed E-state index contributed by atoms with van der Waals surface area (Å²) in [5.41, 5.74) is 7.40. The summed E-state index contributed by atoms with van der Waals surface area (Å²) < 4.78 is 49.5. The Kier molecular flexibility index (Phi) is 9.83. The van der Waals surface area contributed by atoms with Crippen LogP contribution in [-0.4, -0.2) is 73.0 Å². The van der Waals surface area contributed by atoms with Crippen molar-refractivity contribution < 1.29 is 32.2 Å². The number of hydrogen-bond donors (Lipinski definition) is 3. The highest BCUT2D eigenvalue weighted by Crippen LogP contribution is 2.38. The number of allylic oxidation sites excluding steroid dienone is 1. The number of carbonyl (C=O) groups excluding carboxylic acids is 2. The molecule has 218 valence electrons. The van der Waals surface area contributed by atoms with E-state index in [4.69, 9.17) is 31.8 Å². The number of rotatable bonds is 10. The minimum atomic E-state index is -2.95. The first-order chi connectivity index (χ1) is 19.7. The molecule has 1 saturated heterocycles. The van der Waals surface area contributed by atoms with Gasteiger partial charge in [-0.2, -0.15) is 8.78 Å². The molecule has 16 heteroatoms. The van der Waals surface area contributed by atoms with E-state index in [1.165, 1.54) is 34.4 Å². The lowest BCUT2D eigenvalue weighted by atomic mass is 9.92. The van der Waals surface area contributed by atoms with Gasteiger partial charge in [-0.25, -0.2) is 24.0 Å². The predicted molar refractivity (Wildman–Crippen MR) is 147 cm³/mol. The average Bonchev–Trinajstić information content (AvgIpc) is 3.57. The largest absolute Gasteiger partial charge is 0.450 e. The van der Waals surface area contributed by atoms with Gasteiger partial charge >= 0.3 is 18.7 Å². The highest BCUT2D eigenvalue weighted by Gasteiger charge is 2.36. The molecule has 0 unspecified atom stereocenters. The summed E-state index contributed by atoms with van der Waals surface area (Å²) in [5, 5.41) is 7.98. The Morgan fingerprint density at radius 1 is 1.46 bits per heavy atom. The summed E-state index contributed by atoms with van der Waals surface area (Å²) in [6, 6.07) is 2.83. The van der Waals surface area contributed by atoms with Crippen LogP contribution >= 0.6 is 22.9 Å². The van der Waals surface area contributed by atoms with Crippen LogP contribution in [0.3, 0.4) is 0 Å². The van der Waals surface area contributed by atoms with E-state index in [1.807, 2.05) is 0 Å². The zero-order chi connectivity index (χ0) is 29.5. The van der Waals surface area contributed by atoms with Gasteiger partial charge in [0.2, 0.25) is 0 Å². The Morgan fingerprint density at radius 2 is 2.27 bits per heavy atom. The molecule has 0 radical (unpaired) electrons. The van der Waals surface area contributed by atoms with E-state index < -0.39 is 36.7 Å². The lowest BCUT2D eigenvalue weighted by molar-refractivity contribution is 0.123. The van der Waals surface area contributed by atoms with Gasteiger partial charge in [-0.15, -0.1) is 11.3 Å². The Balaban J connectivity index is 1.73. The van der Waals surface area contributed by atoms with Gasteiger partial charge in [-0.3, -0.25) is 9.89 Å². The maximum Gasteiger partial charge on any atom is 0.410 e. The molecular formula is C25H25ClF3N7O4S. The van der Waals surface area contributed by atoms with Crippen molar-refractivity contribution in [3.8, 4) is 0 Å². The van der Waals surface area contributed by atoms with Crippen molar-refractivity contribution in [2.45, 2.75) is 25.6 Å². The molecule has 1 aromatic carbocycles. The molecule has 2 aromatic rings. The predicted octanol–water partition coefficient (Wildman–Crippen LogP) is 3.98. The van der Waals surface area contributed by atoms with E-state index in [0.717, 1.165) is 12.3 Å². The molecule has 0 bridgehead atoms. The first-order valence-electron chi connectivity index (χ1n) is 12.2. The smallest absolute Gasteiger partial charge is 0.410 e. The number of cyclic esters (lactones) is 1. The number of alkyl carbamates (subject to hydrolysis) is 1. The second-order valence-corrected chi connectivity index (χ2v) is 9.89. The van der Waals surface area contributed by atoms with Gasteiger partial charge in [-0.05, 0) is 25.1 Å². The third-order valence-electron chi connectivity index (χ3n) is 5.83. The number of carbonyl (C=O) groups is 2. The summed E-state index contributed by atoms with van der Waals surface area (Å²) in [5.74, 6) is -0.247. The van der Waals surface area contributed by atoms with E-state index in [1.54, 1.807) is 18.5 Å². The molecule has 2 aliphatic rings. The minimum Gasteiger partial charge on any atom is -0.450 e. The molecule has 11 nitrogen and oxygen atoms in total. The summed E-state index contributed by atoms with van der Waals surface area (Å²) in [6.07, 6.45) is 1.64. The topological polar surface area (TPSA) is 144 Å². The number of benzene rings is 1. The Labute approximate surface area is 241 Å². The van der Waals surface area contributed by atoms with Crippen LogP contribution in [0.2, 0.25) is 5.02 Å². The lowest BCUT2D eigenvalue weighted by Crippen LogP contribution is -2.40. The normalized spacial score (nSPS) is 19.5. The van der Waals surface area contributed by atoms with Gasteiger partial charge < -0.3 is 25.8 Å². The van der Waals surface area contributed by atoms with Crippen molar-refractivity contribution in [2.75, 3.05) is 26.2 Å². The Hall–Kier alpha value is -4.11. The summed E-state index contributed by atoms with van der Waals surface area (Å²) in [4.78, 5) is 37.9. The number of ether oxygens (including phenoxy) is 2. The van der Waals surface area contributed by atoms with E-state index in [2.05, 4.69) is 20.6 Å². The van der Waals surface area contributed by atoms with Gasteiger partial charge in [0.25, 0.3) is 0 Å². The maximum atomic E-state index is 13.9. The van der Waals surface area contributed by atoms with Crippen molar-refractivity contribution in [3.63, 3.8) is 0 Å². The van der Waals surface area contributed by atoms with Crippen LogP contribution in [0.4, 0.5) is 22.8 Å². The summed E-state index contributed by atoms with van der Waals surface area (Å²) in [6.45, 7) is -1.06. The van der Waals surface area contributed by atoms with Gasteiger partial charge in [0.15, 0.2) is 10.8 Å². The number of thiazole rings is 1. The van der Waals surface area contributed by atoms with Crippen LogP contribution in [0.15, 0.2) is 62.8 Å². The Bertz CT molecular complexity index is 1400. The van der Waals surface area contributed by atoms with Crippen molar-refractivity contribution in [2.24, 2.45) is 15.7 Å². The van der Waals surface area contributed by atoms with Crippen LogP contribution in [0, 0.1) is 5.82 Å². The third kappa shape index (κ3) is 7.55. The third-order valence-corrected chi connectivity index (χ3v) is 6.94. The number of alkyl halides is 2. The van der Waals surface area contributed by atoms with Crippen molar-refractivity contribution in [3.05, 3.63) is 74.2 Å². The number of nitrogens with two attached hydrogens (primary N) is 1. The minimum absolute atomic E-state index is 0.00248. The number of nitrogens with zero attached hydrogens (tertiary/aromatic N) is 4. The molecule has 0 aliphatic carbocycles. The number of nitrogens with one attached hydrogen (secondary N) is 2. The molecule has 41 heavy (non-hydrogen) atoms. The second-order valence-electron chi connectivity index (χ2n) is 8.59. The van der Waals surface area contributed by atoms with E-state index >= 15 is 0 Å². The van der Waals surface area contributed by atoms with Gasteiger partial charge in [0.05, 0.1) is 26.2 Å². The van der Waals surface area contributed by atoms with Crippen molar-refractivity contribution >= 4 is 47.2 Å². The fourth-order valence-electron chi connectivity index (χ4n) is 4.11. The quantitative estimate of drug-likeness (QED) is 0.272. The highest BCUT2D eigenvalue weighted by atomic mass is 35.5. The molecule has 4 N–H and O–H groups in total. The van der Waals surface area contributed by atoms with Gasteiger partial charge in [-0.1, -0.05) is 17.7 Å². The number of amidine groups is 1. The van der Waals surface area contributed by atoms with Crippen LogP contribution in [-0.2, 0) is 9.47 Å². The first-order valence-corrected chi connectivity index (χ1v) is 13.5. The lowest BCUT2D eigenvalue weighted by Gasteiger charge is -2.30. The SMILES string of the molecule is CCOC(=O)NC[C@@H]1CN(CC2=C(C(N)=CC=NC(F)F)[C@H](c3ccc(F)cc3Cl)N=C(c3nccs3)N2)C(=O)O1. The monoisotopic (exact) mass is 611 g/mol. The zero-order valence-corrected chi connectivity index (χ0v) is 23.1. The summed E-state index contributed by atoms with van der Waals surface area (Å²) >= 11 is 7.71. The van der Waals surface area contributed by atoms with Crippen LogP contribution < -0.4 is 16.4 Å². The van der Waals surface area contributed by atoms with E-state index in [-0.39, 0.29) is 37.0 Å². The molecule has 0 saturated carbocycles.